The molecule has 1 saturated carbocycles. The van der Waals surface area contributed by atoms with E-state index in [4.69, 9.17) is 0 Å². The van der Waals surface area contributed by atoms with E-state index < -0.39 is 0 Å². The van der Waals surface area contributed by atoms with Gasteiger partial charge < -0.3 is 5.32 Å². The molecule has 1 atom stereocenters. The maximum Gasteiger partial charge on any atom is 0.0337 e. The molecule has 1 unspecified atom stereocenters. The lowest BCUT2D eigenvalue weighted by Crippen LogP contribution is -2.20. The highest BCUT2D eigenvalue weighted by Gasteiger charge is 2.30. The Balaban J connectivity index is 1.80. The Bertz CT molecular complexity index is 338. The average Bonchev–Trinajstić information content (AvgIpc) is 2.77. The van der Waals surface area contributed by atoms with E-state index in [9.17, 15) is 0 Å². The zero-order chi connectivity index (χ0) is 9.54. The largest absolute Gasteiger partial charge is 0.307 e. The van der Waals surface area contributed by atoms with E-state index in [0.29, 0.717) is 6.04 Å². The second-order valence-corrected chi connectivity index (χ2v) is 5.70. The van der Waals surface area contributed by atoms with E-state index in [2.05, 4.69) is 18.3 Å². The molecule has 1 N–H and O–H groups in total. The van der Waals surface area contributed by atoms with Crippen LogP contribution in [0.5, 0.6) is 0 Å². The van der Waals surface area contributed by atoms with Crippen molar-refractivity contribution >= 4 is 11.3 Å². The Hall–Kier alpha value is -0.340. The van der Waals surface area contributed by atoms with Gasteiger partial charge in [-0.05, 0) is 43.7 Å². The molecule has 3 rings (SSSR count). The van der Waals surface area contributed by atoms with E-state index in [0.717, 1.165) is 6.04 Å². The minimum atomic E-state index is 0.689. The van der Waals surface area contributed by atoms with Crippen molar-refractivity contribution in [1.82, 2.24) is 5.32 Å². The summed E-state index contributed by atoms with van der Waals surface area (Å²) in [7, 11) is 0. The Morgan fingerprint density at radius 2 is 2.29 bits per heavy atom. The quantitative estimate of drug-likeness (QED) is 0.803. The minimum absolute atomic E-state index is 0.689. The Kier molecular flexibility index (Phi) is 2.14. The maximum atomic E-state index is 3.75. The monoisotopic (exact) mass is 207 g/mol. The number of thiophene rings is 1. The predicted octanol–water partition coefficient (Wildman–Crippen LogP) is 3.05. The lowest BCUT2D eigenvalue weighted by Gasteiger charge is -2.11. The molecular weight excluding hydrogens is 190 g/mol. The number of aryl methyl sites for hydroxylation is 2. The standard InChI is InChI=1S/C12H17NS/c1-2-9-7-10-11(13-8-3-4-8)5-6-12(10)14-9/h7-8,11,13H,2-6H2,1H3. The first-order chi connectivity index (χ1) is 6.86. The van der Waals surface area contributed by atoms with Crippen LogP contribution in [0.3, 0.4) is 0 Å². The van der Waals surface area contributed by atoms with Gasteiger partial charge in [-0.1, -0.05) is 6.92 Å². The lowest BCUT2D eigenvalue weighted by atomic mass is 10.1. The van der Waals surface area contributed by atoms with Gasteiger partial charge in [0.25, 0.3) is 0 Å². The molecule has 0 aromatic carbocycles. The molecule has 0 amide bonds. The van der Waals surface area contributed by atoms with Gasteiger partial charge in [0.2, 0.25) is 0 Å². The third kappa shape index (κ3) is 1.51. The van der Waals surface area contributed by atoms with Crippen LogP contribution in [0.2, 0.25) is 0 Å². The first-order valence-corrected chi connectivity index (χ1v) is 6.56. The van der Waals surface area contributed by atoms with Crippen LogP contribution in [-0.2, 0) is 12.8 Å². The molecule has 1 heterocycles. The van der Waals surface area contributed by atoms with E-state index in [1.54, 1.807) is 15.3 Å². The van der Waals surface area contributed by atoms with Gasteiger partial charge in [-0.15, -0.1) is 11.3 Å². The van der Waals surface area contributed by atoms with Gasteiger partial charge in [-0.25, -0.2) is 0 Å². The molecule has 2 aliphatic carbocycles. The first kappa shape index (κ1) is 8.93. The van der Waals surface area contributed by atoms with Crippen LogP contribution in [0.15, 0.2) is 6.07 Å². The summed E-state index contributed by atoms with van der Waals surface area (Å²) in [4.78, 5) is 3.22. The van der Waals surface area contributed by atoms with E-state index >= 15 is 0 Å². The van der Waals surface area contributed by atoms with E-state index in [1.165, 1.54) is 32.1 Å². The minimum Gasteiger partial charge on any atom is -0.307 e. The molecule has 1 nitrogen and oxygen atoms in total. The fourth-order valence-corrected chi connectivity index (χ4v) is 3.49. The van der Waals surface area contributed by atoms with Gasteiger partial charge in [0.05, 0.1) is 0 Å². The molecule has 1 aromatic heterocycles. The zero-order valence-corrected chi connectivity index (χ0v) is 9.49. The summed E-state index contributed by atoms with van der Waals surface area (Å²) in [5, 5.41) is 3.75. The fraction of sp³-hybridized carbons (Fsp3) is 0.667. The van der Waals surface area contributed by atoms with Gasteiger partial charge >= 0.3 is 0 Å². The molecule has 0 aliphatic heterocycles. The second-order valence-electron chi connectivity index (χ2n) is 4.48. The van der Waals surface area contributed by atoms with Crippen LogP contribution in [0.4, 0.5) is 0 Å². The van der Waals surface area contributed by atoms with Crippen LogP contribution < -0.4 is 5.32 Å². The van der Waals surface area contributed by atoms with E-state index in [1.807, 2.05) is 11.3 Å². The van der Waals surface area contributed by atoms with Crippen molar-refractivity contribution in [2.24, 2.45) is 0 Å². The summed E-state index contributed by atoms with van der Waals surface area (Å²) in [6.45, 7) is 2.25. The Morgan fingerprint density at radius 3 is 3.00 bits per heavy atom. The highest BCUT2D eigenvalue weighted by atomic mass is 32.1. The molecule has 0 radical (unpaired) electrons. The van der Waals surface area contributed by atoms with E-state index in [-0.39, 0.29) is 0 Å². The summed E-state index contributed by atoms with van der Waals surface area (Å²) in [6, 6.07) is 3.97. The lowest BCUT2D eigenvalue weighted by molar-refractivity contribution is 0.527. The van der Waals surface area contributed by atoms with Gasteiger partial charge in [-0.2, -0.15) is 0 Å². The Labute approximate surface area is 89.5 Å². The average molecular weight is 207 g/mol. The summed E-state index contributed by atoms with van der Waals surface area (Å²) in [5.41, 5.74) is 1.62. The van der Waals surface area contributed by atoms with Crippen LogP contribution in [-0.4, -0.2) is 6.04 Å². The molecule has 0 saturated heterocycles. The molecule has 14 heavy (non-hydrogen) atoms. The van der Waals surface area contributed by atoms with Crippen LogP contribution in [0.25, 0.3) is 0 Å². The van der Waals surface area contributed by atoms with Crippen molar-refractivity contribution in [3.05, 3.63) is 21.4 Å². The normalized spacial score (nSPS) is 25.4. The summed E-state index contributed by atoms with van der Waals surface area (Å²) in [6.07, 6.45) is 6.65. The predicted molar refractivity (Wildman–Crippen MR) is 60.9 cm³/mol. The maximum absolute atomic E-state index is 3.75. The highest BCUT2D eigenvalue weighted by Crippen LogP contribution is 2.39. The third-order valence-electron chi connectivity index (χ3n) is 3.29. The molecule has 2 heteroatoms. The molecule has 2 aliphatic rings. The zero-order valence-electron chi connectivity index (χ0n) is 8.68. The molecule has 0 bridgehead atoms. The van der Waals surface area contributed by atoms with Gasteiger partial charge in [-0.3, -0.25) is 0 Å². The molecule has 1 aromatic rings. The van der Waals surface area contributed by atoms with Crippen molar-refractivity contribution in [2.75, 3.05) is 0 Å². The number of fused-ring (bicyclic) bond motifs is 1. The van der Waals surface area contributed by atoms with Gasteiger partial charge in [0.1, 0.15) is 0 Å². The number of nitrogens with one attached hydrogen (secondary N) is 1. The Morgan fingerprint density at radius 1 is 1.43 bits per heavy atom. The summed E-state index contributed by atoms with van der Waals surface area (Å²) < 4.78 is 0. The molecule has 0 spiro atoms. The number of hydrogen-bond acceptors (Lipinski definition) is 2. The third-order valence-corrected chi connectivity index (χ3v) is 4.65. The van der Waals surface area contributed by atoms with Crippen molar-refractivity contribution in [3.8, 4) is 0 Å². The summed E-state index contributed by atoms with van der Waals surface area (Å²) >= 11 is 2.03. The molecule has 76 valence electrons. The SMILES string of the molecule is CCc1cc2c(s1)CCC2NC1CC1. The topological polar surface area (TPSA) is 12.0 Å². The fourth-order valence-electron chi connectivity index (χ4n) is 2.30. The van der Waals surface area contributed by atoms with Crippen molar-refractivity contribution in [3.63, 3.8) is 0 Å². The van der Waals surface area contributed by atoms with Crippen LogP contribution >= 0.6 is 11.3 Å². The van der Waals surface area contributed by atoms with Crippen LogP contribution in [0.1, 0.15) is 47.5 Å². The second kappa shape index (κ2) is 3.35. The van der Waals surface area contributed by atoms with Crippen molar-refractivity contribution in [1.29, 1.82) is 0 Å². The number of hydrogen-bond donors (Lipinski definition) is 1. The van der Waals surface area contributed by atoms with Gasteiger partial charge in [0, 0.05) is 21.8 Å². The van der Waals surface area contributed by atoms with Crippen LogP contribution in [0, 0.1) is 0 Å². The van der Waals surface area contributed by atoms with Gasteiger partial charge in [0.15, 0.2) is 0 Å². The summed E-state index contributed by atoms with van der Waals surface area (Å²) in [5.74, 6) is 0. The smallest absolute Gasteiger partial charge is 0.0337 e. The molecule has 1 fully saturated rings. The first-order valence-electron chi connectivity index (χ1n) is 5.74. The van der Waals surface area contributed by atoms with Crippen molar-refractivity contribution in [2.45, 2.75) is 51.1 Å². The highest BCUT2D eigenvalue weighted by molar-refractivity contribution is 7.12. The van der Waals surface area contributed by atoms with Crippen molar-refractivity contribution < 1.29 is 0 Å². The molecular formula is C12H17NS. The number of rotatable bonds is 3.